The largest absolute Gasteiger partial charge is 0.388 e. The Kier molecular flexibility index (Phi) is 2.59. The van der Waals surface area contributed by atoms with E-state index in [1.165, 1.54) is 11.9 Å². The summed E-state index contributed by atoms with van der Waals surface area (Å²) in [5, 5.41) is 8.40. The highest BCUT2D eigenvalue weighted by Gasteiger charge is 1.89. The molecule has 1 aromatic rings. The molecular formula is C7H10N2S. The maximum absolute atomic E-state index is 5.36. The fourth-order valence-corrected chi connectivity index (χ4v) is 1.08. The van der Waals surface area contributed by atoms with Gasteiger partial charge in [-0.3, -0.25) is 5.14 Å². The second-order valence-electron chi connectivity index (χ2n) is 1.90. The number of anilines is 1. The van der Waals surface area contributed by atoms with E-state index in [4.69, 9.17) is 5.14 Å². The van der Waals surface area contributed by atoms with Crippen LogP contribution in [0.5, 0.6) is 0 Å². The SMILES string of the molecule is CNc1cccc(SN)c1. The van der Waals surface area contributed by atoms with Crippen LogP contribution in [0.25, 0.3) is 0 Å². The Hall–Kier alpha value is -0.670. The first-order valence-electron chi connectivity index (χ1n) is 3.01. The normalized spacial score (nSPS) is 9.40. The highest BCUT2D eigenvalue weighted by molar-refractivity contribution is 7.97. The highest BCUT2D eigenvalue weighted by Crippen LogP contribution is 2.15. The molecule has 0 aliphatic rings. The molecule has 0 fully saturated rings. The molecule has 0 radical (unpaired) electrons. The second-order valence-corrected chi connectivity index (χ2v) is 2.60. The predicted octanol–water partition coefficient (Wildman–Crippen LogP) is 1.69. The van der Waals surface area contributed by atoms with E-state index in [-0.39, 0.29) is 0 Å². The highest BCUT2D eigenvalue weighted by atomic mass is 32.2. The van der Waals surface area contributed by atoms with E-state index in [1.54, 1.807) is 0 Å². The Bertz CT molecular complexity index is 193. The van der Waals surface area contributed by atoms with Gasteiger partial charge in [-0.15, -0.1) is 0 Å². The summed E-state index contributed by atoms with van der Waals surface area (Å²) in [5.41, 5.74) is 1.09. The Morgan fingerprint density at radius 3 is 2.90 bits per heavy atom. The van der Waals surface area contributed by atoms with Crippen molar-refractivity contribution < 1.29 is 0 Å². The van der Waals surface area contributed by atoms with Gasteiger partial charge in [-0.2, -0.15) is 0 Å². The number of nitrogens with two attached hydrogens (primary N) is 1. The van der Waals surface area contributed by atoms with Crippen molar-refractivity contribution in [1.82, 2.24) is 0 Å². The molecule has 0 aromatic heterocycles. The van der Waals surface area contributed by atoms with Crippen molar-refractivity contribution in [2.24, 2.45) is 5.14 Å². The Labute approximate surface area is 64.9 Å². The molecule has 1 rings (SSSR count). The second kappa shape index (κ2) is 3.49. The van der Waals surface area contributed by atoms with E-state index < -0.39 is 0 Å². The first kappa shape index (κ1) is 7.44. The minimum Gasteiger partial charge on any atom is -0.388 e. The smallest absolute Gasteiger partial charge is 0.0349 e. The summed E-state index contributed by atoms with van der Waals surface area (Å²) in [6.07, 6.45) is 0. The quantitative estimate of drug-likeness (QED) is 0.637. The third-order valence-corrected chi connectivity index (χ3v) is 1.78. The van der Waals surface area contributed by atoms with E-state index in [0.717, 1.165) is 10.6 Å². The fourth-order valence-electron chi connectivity index (χ4n) is 0.725. The van der Waals surface area contributed by atoms with Crippen molar-refractivity contribution >= 4 is 17.6 Å². The first-order chi connectivity index (χ1) is 4.86. The Morgan fingerprint density at radius 1 is 1.50 bits per heavy atom. The zero-order valence-electron chi connectivity index (χ0n) is 5.79. The third kappa shape index (κ3) is 1.65. The maximum atomic E-state index is 5.36. The Morgan fingerprint density at radius 2 is 2.30 bits per heavy atom. The van der Waals surface area contributed by atoms with Gasteiger partial charge in [-0.1, -0.05) is 6.07 Å². The average Bonchev–Trinajstić information content (AvgIpc) is 2.05. The van der Waals surface area contributed by atoms with E-state index in [2.05, 4.69) is 5.32 Å². The molecule has 0 aliphatic carbocycles. The molecule has 0 amide bonds. The first-order valence-corrected chi connectivity index (χ1v) is 3.89. The Balaban J connectivity index is 2.87. The molecular weight excluding hydrogens is 144 g/mol. The van der Waals surface area contributed by atoms with Gasteiger partial charge in [0.25, 0.3) is 0 Å². The van der Waals surface area contributed by atoms with Crippen LogP contribution in [-0.2, 0) is 0 Å². The van der Waals surface area contributed by atoms with Crippen LogP contribution in [0.15, 0.2) is 29.2 Å². The molecule has 0 spiro atoms. The summed E-state index contributed by atoms with van der Waals surface area (Å²) in [6.45, 7) is 0. The van der Waals surface area contributed by atoms with E-state index >= 15 is 0 Å². The van der Waals surface area contributed by atoms with Crippen molar-refractivity contribution in [3.05, 3.63) is 24.3 Å². The molecule has 2 nitrogen and oxygen atoms in total. The molecule has 0 atom stereocenters. The van der Waals surface area contributed by atoms with Crippen LogP contribution in [0.1, 0.15) is 0 Å². The van der Waals surface area contributed by atoms with E-state index in [9.17, 15) is 0 Å². The standard InChI is InChI=1S/C7H10N2S/c1-9-6-3-2-4-7(5-6)10-8/h2-5,9H,8H2,1H3. The van der Waals surface area contributed by atoms with Gasteiger partial charge in [0.05, 0.1) is 0 Å². The van der Waals surface area contributed by atoms with Gasteiger partial charge in [0.2, 0.25) is 0 Å². The molecule has 0 unspecified atom stereocenters. The van der Waals surface area contributed by atoms with Crippen molar-refractivity contribution in [2.75, 3.05) is 12.4 Å². The summed E-state index contributed by atoms with van der Waals surface area (Å²) >= 11 is 1.26. The third-order valence-electron chi connectivity index (χ3n) is 1.26. The van der Waals surface area contributed by atoms with Crippen LogP contribution >= 0.6 is 11.9 Å². The summed E-state index contributed by atoms with van der Waals surface area (Å²) in [4.78, 5) is 1.08. The molecule has 0 saturated carbocycles. The molecule has 0 saturated heterocycles. The lowest BCUT2D eigenvalue weighted by atomic mass is 10.3. The van der Waals surface area contributed by atoms with Crippen LogP contribution in [0.2, 0.25) is 0 Å². The van der Waals surface area contributed by atoms with Gasteiger partial charge in [0.1, 0.15) is 0 Å². The molecule has 0 aliphatic heterocycles. The molecule has 3 heteroatoms. The van der Waals surface area contributed by atoms with Gasteiger partial charge in [0.15, 0.2) is 0 Å². The van der Waals surface area contributed by atoms with Crippen LogP contribution in [-0.4, -0.2) is 7.05 Å². The summed E-state index contributed by atoms with van der Waals surface area (Å²) in [6, 6.07) is 7.96. The number of hydrogen-bond acceptors (Lipinski definition) is 3. The fraction of sp³-hybridized carbons (Fsp3) is 0.143. The van der Waals surface area contributed by atoms with Crippen LogP contribution in [0, 0.1) is 0 Å². The van der Waals surface area contributed by atoms with Gasteiger partial charge < -0.3 is 5.32 Å². The van der Waals surface area contributed by atoms with Crippen molar-refractivity contribution in [3.63, 3.8) is 0 Å². The summed E-state index contributed by atoms with van der Waals surface area (Å²) in [7, 11) is 1.89. The van der Waals surface area contributed by atoms with Crippen molar-refractivity contribution in [3.8, 4) is 0 Å². The number of nitrogens with one attached hydrogen (secondary N) is 1. The monoisotopic (exact) mass is 154 g/mol. The summed E-state index contributed by atoms with van der Waals surface area (Å²) in [5.74, 6) is 0. The molecule has 10 heavy (non-hydrogen) atoms. The van der Waals surface area contributed by atoms with Gasteiger partial charge in [-0.05, 0) is 30.1 Å². The van der Waals surface area contributed by atoms with Crippen LogP contribution in [0.4, 0.5) is 5.69 Å². The minimum atomic E-state index is 1.08. The van der Waals surface area contributed by atoms with Gasteiger partial charge in [0, 0.05) is 17.6 Å². The predicted molar refractivity (Wildman–Crippen MR) is 46.0 cm³/mol. The number of hydrogen-bond donors (Lipinski definition) is 2. The number of rotatable bonds is 2. The summed E-state index contributed by atoms with van der Waals surface area (Å²) < 4.78 is 0. The van der Waals surface area contributed by atoms with Gasteiger partial charge >= 0.3 is 0 Å². The molecule has 54 valence electrons. The lowest BCUT2D eigenvalue weighted by Crippen LogP contribution is -1.87. The maximum Gasteiger partial charge on any atom is 0.0349 e. The zero-order chi connectivity index (χ0) is 7.40. The topological polar surface area (TPSA) is 38.0 Å². The van der Waals surface area contributed by atoms with Gasteiger partial charge in [-0.25, -0.2) is 0 Å². The minimum absolute atomic E-state index is 1.08. The lowest BCUT2D eigenvalue weighted by Gasteiger charge is -2.00. The number of benzene rings is 1. The van der Waals surface area contributed by atoms with Crippen molar-refractivity contribution in [1.29, 1.82) is 0 Å². The molecule has 1 aromatic carbocycles. The van der Waals surface area contributed by atoms with Crippen LogP contribution in [0.3, 0.4) is 0 Å². The average molecular weight is 154 g/mol. The van der Waals surface area contributed by atoms with Crippen LogP contribution < -0.4 is 10.5 Å². The lowest BCUT2D eigenvalue weighted by molar-refractivity contribution is 1.41. The van der Waals surface area contributed by atoms with Crippen molar-refractivity contribution in [2.45, 2.75) is 4.90 Å². The molecule has 0 heterocycles. The van der Waals surface area contributed by atoms with E-state index in [0.29, 0.717) is 0 Å². The van der Waals surface area contributed by atoms with E-state index in [1.807, 2.05) is 31.3 Å². The molecule has 3 N–H and O–H groups in total. The molecule has 0 bridgehead atoms. The zero-order valence-corrected chi connectivity index (χ0v) is 6.61.